The summed E-state index contributed by atoms with van der Waals surface area (Å²) >= 11 is 0. The largest absolute Gasteiger partial charge is 0.361 e. The second kappa shape index (κ2) is 30.1. The maximum absolute atomic E-state index is 6.46. The maximum Gasteiger partial charge on any atom is 0.0994 e. The SMILES string of the molecule is CCCCCCCN(CCCCCCC)COCc1ccccc1-c1ccccc1COCN(CCCCCCC)CCCCCCC. The summed E-state index contributed by atoms with van der Waals surface area (Å²) in [6, 6.07) is 17.6. The smallest absolute Gasteiger partial charge is 0.0994 e. The number of benzene rings is 2. The van der Waals surface area contributed by atoms with Gasteiger partial charge in [0.05, 0.1) is 26.7 Å². The lowest BCUT2D eigenvalue weighted by Gasteiger charge is -2.23. The molecule has 0 unspecified atom stereocenters. The van der Waals surface area contributed by atoms with E-state index in [-0.39, 0.29) is 0 Å². The topological polar surface area (TPSA) is 24.9 Å². The molecule has 2 aromatic carbocycles. The third kappa shape index (κ3) is 20.1. The quantitative estimate of drug-likeness (QED) is 0.0560. The molecule has 0 radical (unpaired) electrons. The third-order valence-electron chi connectivity index (χ3n) is 9.70. The summed E-state index contributed by atoms with van der Waals surface area (Å²) in [7, 11) is 0. The Bertz CT molecular complexity index is 888. The van der Waals surface area contributed by atoms with Gasteiger partial charge in [-0.2, -0.15) is 0 Å². The van der Waals surface area contributed by atoms with Crippen molar-refractivity contribution < 1.29 is 9.47 Å². The van der Waals surface area contributed by atoms with Crippen LogP contribution in [0.1, 0.15) is 167 Å². The van der Waals surface area contributed by atoms with Gasteiger partial charge in [0.25, 0.3) is 0 Å². The van der Waals surface area contributed by atoms with Crippen molar-refractivity contribution in [2.24, 2.45) is 0 Å². The number of hydrogen-bond acceptors (Lipinski definition) is 4. The van der Waals surface area contributed by atoms with E-state index < -0.39 is 0 Å². The van der Waals surface area contributed by atoms with Crippen LogP contribution in [-0.4, -0.2) is 49.4 Å². The summed E-state index contributed by atoms with van der Waals surface area (Å²) in [5, 5.41) is 0. The van der Waals surface area contributed by atoms with Gasteiger partial charge < -0.3 is 9.47 Å². The number of rotatable bonds is 33. The summed E-state index contributed by atoms with van der Waals surface area (Å²) < 4.78 is 12.9. The van der Waals surface area contributed by atoms with Crippen LogP contribution in [0.15, 0.2) is 48.5 Å². The van der Waals surface area contributed by atoms with Crippen LogP contribution >= 0.6 is 0 Å². The molecule has 0 atom stereocenters. The molecular weight excluding hydrogens is 588 g/mol. The fourth-order valence-corrected chi connectivity index (χ4v) is 6.62. The second-order valence-electron chi connectivity index (χ2n) is 14.2. The highest BCUT2D eigenvalue weighted by molar-refractivity contribution is 5.70. The molecule has 274 valence electrons. The zero-order valence-electron chi connectivity index (χ0n) is 32.1. The Morgan fingerprint density at radius 2 is 0.667 bits per heavy atom. The van der Waals surface area contributed by atoms with Gasteiger partial charge in [-0.3, -0.25) is 9.80 Å². The van der Waals surface area contributed by atoms with E-state index in [1.54, 1.807) is 0 Å². The van der Waals surface area contributed by atoms with E-state index in [4.69, 9.17) is 9.47 Å². The molecule has 4 nitrogen and oxygen atoms in total. The van der Waals surface area contributed by atoms with Crippen molar-refractivity contribution in [2.45, 2.75) is 169 Å². The molecule has 0 saturated carbocycles. The molecule has 2 rings (SSSR count). The molecule has 48 heavy (non-hydrogen) atoms. The number of nitrogens with zero attached hydrogens (tertiary/aromatic N) is 2. The summed E-state index contributed by atoms with van der Waals surface area (Å²) in [4.78, 5) is 5.11. The van der Waals surface area contributed by atoms with Gasteiger partial charge in [0.15, 0.2) is 0 Å². The maximum atomic E-state index is 6.46. The zero-order chi connectivity index (χ0) is 34.3. The third-order valence-corrected chi connectivity index (χ3v) is 9.70. The minimum absolute atomic E-state index is 0.636. The lowest BCUT2D eigenvalue weighted by molar-refractivity contribution is 0.0164. The predicted molar refractivity (Wildman–Crippen MR) is 209 cm³/mol. The van der Waals surface area contributed by atoms with Gasteiger partial charge in [0.1, 0.15) is 0 Å². The van der Waals surface area contributed by atoms with Gasteiger partial charge in [-0.1, -0.05) is 179 Å². The van der Waals surface area contributed by atoms with Gasteiger partial charge in [0.2, 0.25) is 0 Å². The molecule has 0 aliphatic rings. The average Bonchev–Trinajstić information content (AvgIpc) is 3.11. The number of unbranched alkanes of at least 4 members (excludes halogenated alkanes) is 16. The van der Waals surface area contributed by atoms with Crippen LogP contribution in [0.3, 0.4) is 0 Å². The van der Waals surface area contributed by atoms with Crippen molar-refractivity contribution in [3.05, 3.63) is 59.7 Å². The van der Waals surface area contributed by atoms with Crippen molar-refractivity contribution in [1.29, 1.82) is 0 Å². The highest BCUT2D eigenvalue weighted by atomic mass is 16.5. The summed E-state index contributed by atoms with van der Waals surface area (Å²) in [5.41, 5.74) is 5.06. The van der Waals surface area contributed by atoms with Crippen LogP contribution in [0, 0.1) is 0 Å². The van der Waals surface area contributed by atoms with Gasteiger partial charge >= 0.3 is 0 Å². The first-order valence-corrected chi connectivity index (χ1v) is 20.5. The second-order valence-corrected chi connectivity index (χ2v) is 14.2. The van der Waals surface area contributed by atoms with Crippen LogP contribution in [0.4, 0.5) is 0 Å². The molecule has 0 aliphatic heterocycles. The number of ether oxygens (including phenoxy) is 2. The van der Waals surface area contributed by atoms with Crippen molar-refractivity contribution in [3.8, 4) is 11.1 Å². The Morgan fingerprint density at radius 1 is 0.375 bits per heavy atom. The molecule has 0 spiro atoms. The fourth-order valence-electron chi connectivity index (χ4n) is 6.62. The van der Waals surface area contributed by atoms with Crippen LogP contribution in [-0.2, 0) is 22.7 Å². The normalized spacial score (nSPS) is 11.7. The van der Waals surface area contributed by atoms with E-state index in [0.717, 1.165) is 26.2 Å². The lowest BCUT2D eigenvalue weighted by Crippen LogP contribution is -2.29. The van der Waals surface area contributed by atoms with Crippen LogP contribution in [0.5, 0.6) is 0 Å². The van der Waals surface area contributed by atoms with Crippen molar-refractivity contribution in [1.82, 2.24) is 9.80 Å². The standard InChI is InChI=1S/C44H76N2O2/c1-5-9-13-17-25-33-45(34-26-18-14-10-6-2)39-47-37-41-29-21-23-31-43(41)44-32-24-22-30-42(44)38-48-40-46(35-27-19-15-11-7-3)36-28-20-16-12-8-4/h21-24,29-32H,5-20,25-28,33-40H2,1-4H3. The molecule has 0 bridgehead atoms. The Labute approximate surface area is 298 Å². The fraction of sp³-hybridized carbons (Fsp3) is 0.727. The minimum atomic E-state index is 0.636. The number of hydrogen-bond donors (Lipinski definition) is 0. The van der Waals surface area contributed by atoms with Gasteiger partial charge in [-0.15, -0.1) is 0 Å². The molecule has 0 aliphatic carbocycles. The van der Waals surface area contributed by atoms with Gasteiger partial charge in [-0.25, -0.2) is 0 Å². The zero-order valence-corrected chi connectivity index (χ0v) is 32.1. The average molecular weight is 665 g/mol. The van der Waals surface area contributed by atoms with Crippen molar-refractivity contribution >= 4 is 0 Å². The molecule has 4 heteroatoms. The molecule has 0 fully saturated rings. The first kappa shape index (κ1) is 42.4. The van der Waals surface area contributed by atoms with E-state index in [9.17, 15) is 0 Å². The summed E-state index contributed by atoms with van der Waals surface area (Å²) in [5.74, 6) is 0. The van der Waals surface area contributed by atoms with E-state index in [1.165, 1.54) is 151 Å². The van der Waals surface area contributed by atoms with E-state index in [2.05, 4.69) is 86.0 Å². The Balaban J connectivity index is 1.97. The Hall–Kier alpha value is -1.72. The Kier molecular flexibility index (Phi) is 26.6. The Morgan fingerprint density at radius 3 is 0.979 bits per heavy atom. The molecule has 0 saturated heterocycles. The molecule has 0 amide bonds. The van der Waals surface area contributed by atoms with Crippen LogP contribution in [0.25, 0.3) is 11.1 Å². The van der Waals surface area contributed by atoms with Crippen molar-refractivity contribution in [3.63, 3.8) is 0 Å². The molecule has 0 heterocycles. The van der Waals surface area contributed by atoms with Gasteiger partial charge in [0, 0.05) is 26.2 Å². The first-order chi connectivity index (χ1) is 23.7. The minimum Gasteiger partial charge on any atom is -0.361 e. The monoisotopic (exact) mass is 665 g/mol. The van der Waals surface area contributed by atoms with E-state index >= 15 is 0 Å². The molecule has 0 aromatic heterocycles. The summed E-state index contributed by atoms with van der Waals surface area (Å²) in [6.45, 7) is 16.5. The van der Waals surface area contributed by atoms with Crippen LogP contribution < -0.4 is 0 Å². The highest BCUT2D eigenvalue weighted by Gasteiger charge is 2.12. The molecule has 0 N–H and O–H groups in total. The summed E-state index contributed by atoms with van der Waals surface area (Å²) in [6.07, 6.45) is 26.5. The predicted octanol–water partition coefficient (Wildman–Crippen LogP) is 12.8. The molecular formula is C44H76N2O2. The van der Waals surface area contributed by atoms with Crippen LogP contribution in [0.2, 0.25) is 0 Å². The van der Waals surface area contributed by atoms with Crippen molar-refractivity contribution in [2.75, 3.05) is 39.6 Å². The molecule has 2 aromatic rings. The van der Waals surface area contributed by atoms with E-state index in [0.29, 0.717) is 26.7 Å². The first-order valence-electron chi connectivity index (χ1n) is 20.5. The van der Waals surface area contributed by atoms with E-state index in [1.807, 2.05) is 0 Å². The van der Waals surface area contributed by atoms with Gasteiger partial charge in [-0.05, 0) is 47.9 Å². The highest BCUT2D eigenvalue weighted by Crippen LogP contribution is 2.28. The lowest BCUT2D eigenvalue weighted by atomic mass is 9.96.